The summed E-state index contributed by atoms with van der Waals surface area (Å²) >= 11 is 0.900. The van der Waals surface area contributed by atoms with E-state index in [1.165, 1.54) is 12.1 Å². The van der Waals surface area contributed by atoms with Gasteiger partial charge in [-0.25, -0.2) is 9.19 Å². The van der Waals surface area contributed by atoms with Gasteiger partial charge >= 0.3 is 12.4 Å². The number of nitrogens with one attached hydrogen (secondary N) is 2. The summed E-state index contributed by atoms with van der Waals surface area (Å²) in [5.41, 5.74) is 8.52. The van der Waals surface area contributed by atoms with Crippen LogP contribution in [0.2, 0.25) is 0 Å². The molecule has 0 unspecified atom stereocenters. The number of rotatable bonds is 6. The summed E-state index contributed by atoms with van der Waals surface area (Å²) in [4.78, 5) is 17.0. The number of benzene rings is 2. The number of nitrogens with zero attached hydrogens (tertiary/aromatic N) is 4. The van der Waals surface area contributed by atoms with Crippen molar-refractivity contribution in [3.8, 4) is 28.3 Å². The predicted molar refractivity (Wildman–Crippen MR) is 149 cm³/mol. The molecule has 0 atom stereocenters. The van der Waals surface area contributed by atoms with Crippen LogP contribution in [0.4, 0.5) is 23.7 Å². The van der Waals surface area contributed by atoms with Gasteiger partial charge in [-0.15, -0.1) is 13.2 Å². The Morgan fingerprint density at radius 2 is 1.80 bits per heavy atom. The quantitative estimate of drug-likeness (QED) is 0.204. The Labute approximate surface area is 233 Å². The highest BCUT2D eigenvalue weighted by Crippen LogP contribution is 2.38. The average Bonchev–Trinajstić information content (AvgIpc) is 3.24. The fraction of sp³-hybridized carbons (Fsp3) is 0.214. The number of ether oxygens (including phenoxy) is 1. The van der Waals surface area contributed by atoms with Gasteiger partial charge in [-0.1, -0.05) is 18.2 Å². The molecule has 0 bridgehead atoms. The molecule has 2 N–H and O–H groups in total. The summed E-state index contributed by atoms with van der Waals surface area (Å²) in [5.74, 6) is -0.272. The smallest absolute Gasteiger partial charge is 0.406 e. The van der Waals surface area contributed by atoms with Crippen molar-refractivity contribution in [2.24, 2.45) is 11.4 Å². The maximum atomic E-state index is 12.5. The van der Waals surface area contributed by atoms with Gasteiger partial charge in [0.05, 0.1) is 41.1 Å². The number of para-hydroxylation sites is 1. The van der Waals surface area contributed by atoms with Crippen molar-refractivity contribution in [3.05, 3.63) is 82.7 Å². The van der Waals surface area contributed by atoms with E-state index in [-0.39, 0.29) is 11.8 Å². The van der Waals surface area contributed by atoms with E-state index in [2.05, 4.69) is 19.2 Å². The summed E-state index contributed by atoms with van der Waals surface area (Å²) < 4.78 is 50.1. The number of alkyl halides is 3. The summed E-state index contributed by atoms with van der Waals surface area (Å²) in [7, 11) is 1.81. The molecule has 4 aromatic rings. The third-order valence-electron chi connectivity index (χ3n) is 6.46. The van der Waals surface area contributed by atoms with Crippen LogP contribution in [0.3, 0.4) is 0 Å². The molecule has 2 amide bonds. The number of halogens is 3. The van der Waals surface area contributed by atoms with Crippen molar-refractivity contribution in [2.45, 2.75) is 33.1 Å². The lowest BCUT2D eigenvalue weighted by molar-refractivity contribution is -0.274. The Bertz CT molecular complexity index is 1580. The highest BCUT2D eigenvalue weighted by Gasteiger charge is 2.31. The summed E-state index contributed by atoms with van der Waals surface area (Å²) in [6, 6.07) is 15.0. The SMILES string of the molecule is Cc1cccc(C)c1NC(=O)NSN=Cc1ccc2c(n1)CCc1c-2nn(C)c1-c1ccc(OC(F)(F)F)cc1. The van der Waals surface area contributed by atoms with Crippen LogP contribution >= 0.6 is 12.1 Å². The maximum Gasteiger partial charge on any atom is 0.573 e. The maximum absolute atomic E-state index is 12.5. The summed E-state index contributed by atoms with van der Waals surface area (Å²) in [5, 5.41) is 7.53. The number of pyridine rings is 1. The molecule has 2 aromatic carbocycles. The van der Waals surface area contributed by atoms with E-state index in [0.717, 1.165) is 62.7 Å². The Hall–Kier alpha value is -4.32. The van der Waals surface area contributed by atoms with Crippen molar-refractivity contribution < 1.29 is 22.7 Å². The van der Waals surface area contributed by atoms with Crippen molar-refractivity contribution in [3.63, 3.8) is 0 Å². The number of anilines is 1. The van der Waals surface area contributed by atoms with Gasteiger partial charge in [0.15, 0.2) is 0 Å². The molecule has 0 spiro atoms. The number of urea groups is 1. The van der Waals surface area contributed by atoms with E-state index in [0.29, 0.717) is 18.5 Å². The number of fused-ring (bicyclic) bond motifs is 3. The van der Waals surface area contributed by atoms with Crippen LogP contribution in [0.5, 0.6) is 5.75 Å². The predicted octanol–water partition coefficient (Wildman–Crippen LogP) is 6.57. The van der Waals surface area contributed by atoms with Crippen LogP contribution in [-0.2, 0) is 19.9 Å². The number of aryl methyl sites for hydroxylation is 4. The van der Waals surface area contributed by atoms with E-state index < -0.39 is 6.36 Å². The molecule has 1 aliphatic carbocycles. The van der Waals surface area contributed by atoms with Gasteiger partial charge in [-0.05, 0) is 74.2 Å². The molecule has 2 heterocycles. The Balaban J connectivity index is 1.26. The molecule has 0 fully saturated rings. The molecule has 12 heteroatoms. The van der Waals surface area contributed by atoms with Gasteiger partial charge < -0.3 is 10.1 Å². The van der Waals surface area contributed by atoms with Gasteiger partial charge in [-0.3, -0.25) is 14.4 Å². The first-order valence-corrected chi connectivity index (χ1v) is 13.1. The lowest BCUT2D eigenvalue weighted by atomic mass is 9.90. The minimum Gasteiger partial charge on any atom is -0.406 e. The molecule has 0 aliphatic heterocycles. The first-order chi connectivity index (χ1) is 19.1. The normalized spacial score (nSPS) is 12.7. The van der Waals surface area contributed by atoms with E-state index in [1.54, 1.807) is 23.0 Å². The zero-order chi connectivity index (χ0) is 28.4. The Morgan fingerprint density at radius 3 is 2.50 bits per heavy atom. The Morgan fingerprint density at radius 1 is 1.07 bits per heavy atom. The van der Waals surface area contributed by atoms with Crippen LogP contribution < -0.4 is 14.8 Å². The van der Waals surface area contributed by atoms with E-state index in [1.807, 2.05) is 51.2 Å². The molecular formula is C28H25F3N6O2S. The molecule has 5 rings (SSSR count). The minimum absolute atomic E-state index is 0.272. The number of amides is 2. The second kappa shape index (κ2) is 11.0. The molecule has 1 aliphatic rings. The summed E-state index contributed by atoms with van der Waals surface area (Å²) in [6.07, 6.45) is -1.82. The second-order valence-electron chi connectivity index (χ2n) is 9.25. The summed E-state index contributed by atoms with van der Waals surface area (Å²) in [6.45, 7) is 3.86. The number of aromatic nitrogens is 3. The highest BCUT2D eigenvalue weighted by molar-refractivity contribution is 7.96. The lowest BCUT2D eigenvalue weighted by Gasteiger charge is -2.16. The van der Waals surface area contributed by atoms with Crippen molar-refractivity contribution in [1.82, 2.24) is 19.5 Å². The largest absolute Gasteiger partial charge is 0.573 e. The van der Waals surface area contributed by atoms with Crippen LogP contribution in [0.15, 0.2) is 59.0 Å². The third kappa shape index (κ3) is 5.96. The van der Waals surface area contributed by atoms with Gasteiger partial charge in [0, 0.05) is 29.4 Å². The van der Waals surface area contributed by atoms with E-state index in [4.69, 9.17) is 10.1 Å². The van der Waals surface area contributed by atoms with Crippen molar-refractivity contribution in [2.75, 3.05) is 5.32 Å². The highest BCUT2D eigenvalue weighted by atomic mass is 32.2. The molecule has 8 nitrogen and oxygen atoms in total. The monoisotopic (exact) mass is 566 g/mol. The van der Waals surface area contributed by atoms with E-state index >= 15 is 0 Å². The zero-order valence-electron chi connectivity index (χ0n) is 21.8. The van der Waals surface area contributed by atoms with Crippen molar-refractivity contribution >= 4 is 30.1 Å². The second-order valence-corrected chi connectivity index (χ2v) is 9.85. The van der Waals surface area contributed by atoms with Gasteiger partial charge in [0.1, 0.15) is 5.75 Å². The van der Waals surface area contributed by atoms with E-state index in [9.17, 15) is 18.0 Å². The number of hydrogen-bond donors (Lipinski definition) is 2. The topological polar surface area (TPSA) is 93.4 Å². The average molecular weight is 567 g/mol. The van der Waals surface area contributed by atoms with Crippen LogP contribution in [-0.4, -0.2) is 33.4 Å². The minimum atomic E-state index is -4.74. The molecule has 0 saturated heterocycles. The Kier molecular flexibility index (Phi) is 7.53. The molecule has 2 aromatic heterocycles. The van der Waals surface area contributed by atoms with Gasteiger partial charge in [0.2, 0.25) is 0 Å². The lowest BCUT2D eigenvalue weighted by Crippen LogP contribution is -2.23. The van der Waals surface area contributed by atoms with Gasteiger partial charge in [-0.2, -0.15) is 5.10 Å². The van der Waals surface area contributed by atoms with Crippen molar-refractivity contribution in [1.29, 1.82) is 0 Å². The number of carbonyl (C=O) groups excluding carboxylic acids is 1. The van der Waals surface area contributed by atoms with Crippen LogP contribution in [0, 0.1) is 13.8 Å². The molecule has 0 saturated carbocycles. The number of hydrogen-bond acceptors (Lipinski definition) is 6. The fourth-order valence-corrected chi connectivity index (χ4v) is 5.08. The molecule has 40 heavy (non-hydrogen) atoms. The van der Waals surface area contributed by atoms with Crippen LogP contribution in [0.1, 0.15) is 28.1 Å². The third-order valence-corrected chi connectivity index (χ3v) is 6.95. The zero-order valence-corrected chi connectivity index (χ0v) is 22.7. The molecule has 0 radical (unpaired) electrons. The molecule has 206 valence electrons. The van der Waals surface area contributed by atoms with Gasteiger partial charge in [0.25, 0.3) is 0 Å². The first-order valence-electron chi connectivity index (χ1n) is 12.3. The van der Waals surface area contributed by atoms with Crippen LogP contribution in [0.25, 0.3) is 22.5 Å². The first kappa shape index (κ1) is 27.3. The fourth-order valence-electron chi connectivity index (χ4n) is 4.74. The standard InChI is InChI=1S/C28H25F3N6O2S/c1-16-5-4-6-17(2)24(16)34-27(38)36-40-32-15-19-9-12-21-23(33-19)14-13-22-25(21)35-37(3)26(22)18-7-10-20(11-8-18)39-28(29,30)31/h4-12,15H,13-14H2,1-3H3,(H2,34,36,38). The number of carbonyl (C=O) groups is 1. The molecular weight excluding hydrogens is 541 g/mol.